The van der Waals surface area contributed by atoms with Crippen LogP contribution in [0.5, 0.6) is 5.75 Å². The molecule has 0 saturated heterocycles. The molecule has 3 nitrogen and oxygen atoms in total. The molecule has 0 aromatic heterocycles. The Labute approximate surface area is 179 Å². The minimum atomic E-state index is -1.12. The van der Waals surface area contributed by atoms with Gasteiger partial charge in [-0.25, -0.2) is 4.79 Å². The molecular weight excluding hydrogens is 372 g/mol. The molecule has 0 fully saturated rings. The van der Waals surface area contributed by atoms with Gasteiger partial charge in [0, 0.05) is 11.5 Å². The molecule has 156 valence electrons. The molecule has 3 heteroatoms. The Bertz CT molecular complexity index is 977. The summed E-state index contributed by atoms with van der Waals surface area (Å²) in [7, 11) is 0. The minimum Gasteiger partial charge on any atom is -0.507 e. The quantitative estimate of drug-likeness (QED) is 0.444. The van der Waals surface area contributed by atoms with Crippen molar-refractivity contribution in [2.24, 2.45) is 0 Å². The smallest absolute Gasteiger partial charge is 0.339 e. The fourth-order valence-electron chi connectivity index (χ4n) is 3.89. The van der Waals surface area contributed by atoms with Crippen LogP contribution in [0.25, 0.3) is 0 Å². The van der Waals surface area contributed by atoms with E-state index in [9.17, 15) is 15.0 Å². The standard InChI is InChI=1S/C27H30O3/c1-16(2)19-6-10-21(11-7-19)25(22-12-8-20(9-13-22)17(3)4)23-14-18(5)15-24(26(23)28)27(29)30/h6-17,25,28H,1-5H3,(H,29,30). The second kappa shape index (κ2) is 8.74. The molecule has 0 aliphatic heterocycles. The van der Waals surface area contributed by atoms with Crippen molar-refractivity contribution in [3.8, 4) is 5.75 Å². The van der Waals surface area contributed by atoms with E-state index < -0.39 is 5.97 Å². The van der Waals surface area contributed by atoms with Gasteiger partial charge in [-0.1, -0.05) is 82.3 Å². The highest BCUT2D eigenvalue weighted by atomic mass is 16.4. The number of aromatic carboxylic acids is 1. The number of carboxylic acid groups (broad SMARTS) is 1. The van der Waals surface area contributed by atoms with Crippen LogP contribution in [0.2, 0.25) is 0 Å². The minimum absolute atomic E-state index is 0.0624. The molecule has 3 aromatic carbocycles. The number of benzene rings is 3. The zero-order chi connectivity index (χ0) is 22.0. The highest BCUT2D eigenvalue weighted by Gasteiger charge is 2.24. The molecule has 0 aliphatic carbocycles. The summed E-state index contributed by atoms with van der Waals surface area (Å²) < 4.78 is 0. The SMILES string of the molecule is Cc1cc(C(=O)O)c(O)c(C(c2ccc(C(C)C)cc2)c2ccc(C(C)C)cc2)c1. The summed E-state index contributed by atoms with van der Waals surface area (Å²) in [6, 6.07) is 20.2. The number of hydrogen-bond donors (Lipinski definition) is 2. The van der Waals surface area contributed by atoms with Gasteiger partial charge >= 0.3 is 5.97 Å². The van der Waals surface area contributed by atoms with Gasteiger partial charge in [0.1, 0.15) is 11.3 Å². The third kappa shape index (κ3) is 4.40. The molecule has 0 saturated carbocycles. The van der Waals surface area contributed by atoms with E-state index in [2.05, 4.69) is 76.2 Å². The van der Waals surface area contributed by atoms with E-state index in [0.717, 1.165) is 16.7 Å². The first kappa shape index (κ1) is 21.6. The van der Waals surface area contributed by atoms with Crippen LogP contribution in [0, 0.1) is 6.92 Å². The van der Waals surface area contributed by atoms with Gasteiger partial charge in [-0.05, 0) is 52.6 Å². The van der Waals surface area contributed by atoms with E-state index in [1.807, 2.05) is 13.0 Å². The Hall–Kier alpha value is -3.07. The molecule has 3 aromatic rings. The number of carboxylic acids is 1. The largest absolute Gasteiger partial charge is 0.507 e. The highest BCUT2D eigenvalue weighted by Crippen LogP contribution is 2.40. The number of aryl methyl sites for hydroxylation is 1. The number of hydrogen-bond acceptors (Lipinski definition) is 2. The van der Waals surface area contributed by atoms with Crippen molar-refractivity contribution in [3.05, 3.63) is 99.6 Å². The normalized spacial score (nSPS) is 11.5. The Kier molecular flexibility index (Phi) is 6.31. The predicted molar refractivity (Wildman–Crippen MR) is 122 cm³/mol. The van der Waals surface area contributed by atoms with Gasteiger partial charge in [0.25, 0.3) is 0 Å². The molecule has 2 N–H and O–H groups in total. The lowest BCUT2D eigenvalue weighted by atomic mass is 9.82. The first-order chi connectivity index (χ1) is 14.2. The maximum absolute atomic E-state index is 11.7. The van der Waals surface area contributed by atoms with E-state index in [0.29, 0.717) is 17.4 Å². The van der Waals surface area contributed by atoms with Gasteiger partial charge in [0.15, 0.2) is 0 Å². The van der Waals surface area contributed by atoms with Gasteiger partial charge in [-0.3, -0.25) is 0 Å². The van der Waals surface area contributed by atoms with Gasteiger partial charge < -0.3 is 10.2 Å². The van der Waals surface area contributed by atoms with Crippen molar-refractivity contribution in [3.63, 3.8) is 0 Å². The van der Waals surface area contributed by atoms with E-state index in [-0.39, 0.29) is 17.2 Å². The molecular formula is C27H30O3. The molecule has 30 heavy (non-hydrogen) atoms. The second-order valence-electron chi connectivity index (χ2n) is 8.63. The summed E-state index contributed by atoms with van der Waals surface area (Å²) in [6.45, 7) is 10.5. The molecule has 0 heterocycles. The monoisotopic (exact) mass is 402 g/mol. The second-order valence-corrected chi connectivity index (χ2v) is 8.63. The highest BCUT2D eigenvalue weighted by molar-refractivity contribution is 5.91. The number of rotatable bonds is 6. The van der Waals surface area contributed by atoms with E-state index in [1.165, 1.54) is 17.2 Å². The Morgan fingerprint density at radius 1 is 0.733 bits per heavy atom. The molecule has 0 amide bonds. The number of carbonyl (C=O) groups is 1. The summed E-state index contributed by atoms with van der Waals surface area (Å²) in [5.74, 6) is -0.700. The average molecular weight is 403 g/mol. The third-order valence-corrected chi connectivity index (χ3v) is 5.70. The van der Waals surface area contributed by atoms with Crippen molar-refractivity contribution in [2.45, 2.75) is 52.4 Å². The lowest BCUT2D eigenvalue weighted by Crippen LogP contribution is -2.08. The predicted octanol–water partition coefficient (Wildman–Crippen LogP) is 6.83. The summed E-state index contributed by atoms with van der Waals surface area (Å²) in [4.78, 5) is 11.7. The van der Waals surface area contributed by atoms with Gasteiger partial charge in [-0.15, -0.1) is 0 Å². The Morgan fingerprint density at radius 2 is 1.13 bits per heavy atom. The van der Waals surface area contributed by atoms with Crippen LogP contribution in [0.4, 0.5) is 0 Å². The van der Waals surface area contributed by atoms with Crippen LogP contribution in [0.3, 0.4) is 0 Å². The fraction of sp³-hybridized carbons (Fsp3) is 0.296. The zero-order valence-corrected chi connectivity index (χ0v) is 18.3. The van der Waals surface area contributed by atoms with E-state index >= 15 is 0 Å². The van der Waals surface area contributed by atoms with Crippen LogP contribution in [0.15, 0.2) is 60.7 Å². The number of aromatic hydroxyl groups is 1. The molecule has 0 unspecified atom stereocenters. The molecule has 0 aliphatic rings. The molecule has 0 spiro atoms. The van der Waals surface area contributed by atoms with Gasteiger partial charge in [-0.2, -0.15) is 0 Å². The zero-order valence-electron chi connectivity index (χ0n) is 18.3. The van der Waals surface area contributed by atoms with Crippen LogP contribution >= 0.6 is 0 Å². The number of phenols is 1. The Morgan fingerprint density at radius 3 is 1.50 bits per heavy atom. The van der Waals surface area contributed by atoms with Crippen LogP contribution < -0.4 is 0 Å². The van der Waals surface area contributed by atoms with Crippen LogP contribution in [0.1, 0.15) is 89.2 Å². The van der Waals surface area contributed by atoms with Crippen molar-refractivity contribution < 1.29 is 15.0 Å². The van der Waals surface area contributed by atoms with Gasteiger partial charge in [0.2, 0.25) is 0 Å². The summed E-state index contributed by atoms with van der Waals surface area (Å²) in [6.07, 6.45) is 0. The summed E-state index contributed by atoms with van der Waals surface area (Å²) in [5.41, 5.74) is 5.89. The first-order valence-electron chi connectivity index (χ1n) is 10.5. The third-order valence-electron chi connectivity index (χ3n) is 5.70. The maximum atomic E-state index is 11.7. The molecule has 0 radical (unpaired) electrons. The van der Waals surface area contributed by atoms with Crippen LogP contribution in [-0.4, -0.2) is 16.2 Å². The summed E-state index contributed by atoms with van der Waals surface area (Å²) >= 11 is 0. The van der Waals surface area contributed by atoms with Crippen molar-refractivity contribution >= 4 is 5.97 Å². The van der Waals surface area contributed by atoms with E-state index in [1.54, 1.807) is 0 Å². The molecule has 3 rings (SSSR count). The fourth-order valence-corrected chi connectivity index (χ4v) is 3.89. The van der Waals surface area contributed by atoms with Gasteiger partial charge in [0.05, 0.1) is 0 Å². The molecule has 0 bridgehead atoms. The molecule has 0 atom stereocenters. The topological polar surface area (TPSA) is 57.5 Å². The van der Waals surface area contributed by atoms with Crippen LogP contribution in [-0.2, 0) is 0 Å². The first-order valence-corrected chi connectivity index (χ1v) is 10.5. The van der Waals surface area contributed by atoms with Crippen molar-refractivity contribution in [1.82, 2.24) is 0 Å². The lowest BCUT2D eigenvalue weighted by molar-refractivity contribution is 0.0693. The van der Waals surface area contributed by atoms with E-state index in [4.69, 9.17) is 0 Å². The average Bonchev–Trinajstić information content (AvgIpc) is 2.71. The van der Waals surface area contributed by atoms with Crippen molar-refractivity contribution in [2.75, 3.05) is 0 Å². The Balaban J connectivity index is 2.21. The lowest BCUT2D eigenvalue weighted by Gasteiger charge is -2.22. The maximum Gasteiger partial charge on any atom is 0.339 e. The summed E-state index contributed by atoms with van der Waals surface area (Å²) in [5, 5.41) is 20.5. The van der Waals surface area contributed by atoms with Crippen molar-refractivity contribution in [1.29, 1.82) is 0 Å².